The molecule has 0 aromatic heterocycles. The van der Waals surface area contributed by atoms with Crippen molar-refractivity contribution in [1.29, 1.82) is 0 Å². The Morgan fingerprint density at radius 3 is 2.47 bits per heavy atom. The van der Waals surface area contributed by atoms with Crippen LogP contribution in [0.25, 0.3) is 0 Å². The Balaban J connectivity index is 2.54. The first-order chi connectivity index (χ1) is 8.93. The number of ether oxygens (including phenoxy) is 1. The Hall–Kier alpha value is -1.47. The van der Waals surface area contributed by atoms with Gasteiger partial charge in [0.2, 0.25) is 15.9 Å². The molecule has 1 aromatic carbocycles. The van der Waals surface area contributed by atoms with Crippen molar-refractivity contribution in [3.05, 3.63) is 24.3 Å². The predicted molar refractivity (Wildman–Crippen MR) is 73.9 cm³/mol. The number of benzene rings is 1. The second-order valence-corrected chi connectivity index (χ2v) is 5.92. The molecule has 0 unspecified atom stereocenters. The predicted octanol–water partition coefficient (Wildman–Crippen LogP) is 0.921. The first-order valence-corrected chi connectivity index (χ1v) is 7.69. The highest BCUT2D eigenvalue weighted by atomic mass is 35.5. The van der Waals surface area contributed by atoms with E-state index in [1.807, 2.05) is 0 Å². The van der Waals surface area contributed by atoms with Crippen LogP contribution in [0.1, 0.15) is 6.42 Å². The number of hydrogen-bond donors (Lipinski definition) is 2. The first-order valence-electron chi connectivity index (χ1n) is 5.50. The lowest BCUT2D eigenvalue weighted by Gasteiger charge is -2.08. The number of sulfonamides is 1. The largest absolute Gasteiger partial charge is 0.493 e. The van der Waals surface area contributed by atoms with E-state index in [4.69, 9.17) is 22.1 Å². The van der Waals surface area contributed by atoms with Crippen LogP contribution in [0.15, 0.2) is 24.3 Å². The van der Waals surface area contributed by atoms with E-state index in [0.29, 0.717) is 11.4 Å². The molecule has 1 amide bonds. The smallest absolute Gasteiger partial charge is 0.233 e. The van der Waals surface area contributed by atoms with Crippen LogP contribution >= 0.6 is 11.6 Å². The van der Waals surface area contributed by atoms with Crippen molar-refractivity contribution >= 4 is 33.2 Å². The van der Waals surface area contributed by atoms with Gasteiger partial charge < -0.3 is 10.5 Å². The van der Waals surface area contributed by atoms with Crippen LogP contribution in [0.2, 0.25) is 0 Å². The van der Waals surface area contributed by atoms with Gasteiger partial charge in [0.25, 0.3) is 0 Å². The molecule has 0 aliphatic rings. The number of nitrogens with one attached hydrogen (secondary N) is 1. The van der Waals surface area contributed by atoms with Gasteiger partial charge in [0.1, 0.15) is 5.75 Å². The maximum absolute atomic E-state index is 11.5. The average molecular weight is 307 g/mol. The van der Waals surface area contributed by atoms with E-state index in [2.05, 4.69) is 4.72 Å². The van der Waals surface area contributed by atoms with E-state index in [0.717, 1.165) is 0 Å². The van der Waals surface area contributed by atoms with E-state index in [-0.39, 0.29) is 24.7 Å². The molecule has 0 atom stereocenters. The normalized spacial score (nSPS) is 11.0. The topological polar surface area (TPSA) is 98.5 Å². The molecule has 0 aliphatic heterocycles. The van der Waals surface area contributed by atoms with Crippen molar-refractivity contribution in [3.8, 4) is 5.75 Å². The quantitative estimate of drug-likeness (QED) is 0.698. The summed E-state index contributed by atoms with van der Waals surface area (Å²) in [7, 11) is -3.41. The van der Waals surface area contributed by atoms with Crippen LogP contribution in [0.3, 0.4) is 0 Å². The van der Waals surface area contributed by atoms with Gasteiger partial charge in [0, 0.05) is 11.6 Å². The van der Waals surface area contributed by atoms with E-state index >= 15 is 0 Å². The van der Waals surface area contributed by atoms with Crippen LogP contribution in [-0.2, 0) is 14.8 Å². The number of carbonyl (C=O) groups excluding carboxylic acids is 1. The summed E-state index contributed by atoms with van der Waals surface area (Å²) < 4.78 is 30.5. The average Bonchev–Trinajstić information content (AvgIpc) is 2.30. The minimum absolute atomic E-state index is 0.0314. The van der Waals surface area contributed by atoms with Crippen molar-refractivity contribution in [2.24, 2.45) is 5.73 Å². The Morgan fingerprint density at radius 1 is 1.32 bits per heavy atom. The lowest BCUT2D eigenvalue weighted by molar-refractivity contribution is -0.118. The zero-order chi connectivity index (χ0) is 14.3. The second-order valence-electron chi connectivity index (χ2n) is 3.70. The molecule has 0 saturated carbocycles. The summed E-state index contributed by atoms with van der Waals surface area (Å²) in [5, 5.41) is 0. The highest BCUT2D eigenvalue weighted by molar-refractivity contribution is 7.92. The minimum Gasteiger partial charge on any atom is -0.493 e. The molecule has 1 aromatic rings. The molecule has 0 radical (unpaired) electrons. The standard InChI is InChI=1S/C11H15ClN2O4S/c12-6-8-19(16,17)14-9-1-3-10(4-2-9)18-7-5-11(13)15/h1-4,14H,5-8H2,(H2,13,15). The first kappa shape index (κ1) is 15.6. The number of hydrogen-bond acceptors (Lipinski definition) is 4. The van der Waals surface area contributed by atoms with E-state index in [9.17, 15) is 13.2 Å². The van der Waals surface area contributed by atoms with E-state index in [1.165, 1.54) is 0 Å². The van der Waals surface area contributed by atoms with Crippen molar-refractivity contribution in [2.45, 2.75) is 6.42 Å². The molecule has 6 nitrogen and oxygen atoms in total. The Bertz CT molecular complexity index is 516. The Morgan fingerprint density at radius 2 is 1.95 bits per heavy atom. The van der Waals surface area contributed by atoms with Gasteiger partial charge in [0.05, 0.1) is 18.8 Å². The van der Waals surface area contributed by atoms with E-state index < -0.39 is 15.9 Å². The molecule has 8 heteroatoms. The van der Waals surface area contributed by atoms with Crippen LogP contribution in [0.5, 0.6) is 5.75 Å². The third-order valence-corrected chi connectivity index (χ3v) is 3.79. The van der Waals surface area contributed by atoms with Gasteiger partial charge in [-0.2, -0.15) is 0 Å². The van der Waals surface area contributed by atoms with Crippen LogP contribution in [0, 0.1) is 0 Å². The number of amides is 1. The summed E-state index contributed by atoms with van der Waals surface area (Å²) >= 11 is 5.38. The number of primary amides is 1. The zero-order valence-corrected chi connectivity index (χ0v) is 11.7. The molecule has 0 bridgehead atoms. The fraction of sp³-hybridized carbons (Fsp3) is 0.364. The number of rotatable bonds is 8. The van der Waals surface area contributed by atoms with Crippen LogP contribution < -0.4 is 15.2 Å². The molecule has 0 fully saturated rings. The number of nitrogens with two attached hydrogens (primary N) is 1. The van der Waals surface area contributed by atoms with Gasteiger partial charge in [0.15, 0.2) is 0 Å². The molecule has 19 heavy (non-hydrogen) atoms. The number of carbonyl (C=O) groups is 1. The van der Waals surface area contributed by atoms with Crippen molar-refractivity contribution in [2.75, 3.05) is 23.0 Å². The molecule has 1 rings (SSSR count). The number of anilines is 1. The molecule has 0 heterocycles. The van der Waals surface area contributed by atoms with Gasteiger partial charge in [-0.3, -0.25) is 9.52 Å². The number of alkyl halides is 1. The molecule has 3 N–H and O–H groups in total. The minimum atomic E-state index is -3.41. The summed E-state index contributed by atoms with van der Waals surface area (Å²) in [6.07, 6.45) is 0.129. The Labute approximate surface area is 116 Å². The second kappa shape index (κ2) is 7.20. The van der Waals surface area contributed by atoms with E-state index in [1.54, 1.807) is 24.3 Å². The molecule has 0 saturated heterocycles. The summed E-state index contributed by atoms with van der Waals surface area (Å²) in [5.74, 6) is -0.0262. The maximum atomic E-state index is 11.5. The fourth-order valence-corrected chi connectivity index (χ4v) is 2.63. The summed E-state index contributed by atoms with van der Waals surface area (Å²) in [5.41, 5.74) is 5.40. The molecule has 0 spiro atoms. The van der Waals surface area contributed by atoms with Crippen molar-refractivity contribution in [3.63, 3.8) is 0 Å². The lowest BCUT2D eigenvalue weighted by Crippen LogP contribution is -2.17. The van der Waals surface area contributed by atoms with Gasteiger partial charge in [-0.25, -0.2) is 8.42 Å². The SMILES string of the molecule is NC(=O)CCOc1ccc(NS(=O)(=O)CCCl)cc1. The summed E-state index contributed by atoms with van der Waals surface area (Å²) in [6.45, 7) is 0.187. The molecular formula is C11H15ClN2O4S. The molecule has 0 aliphatic carbocycles. The van der Waals surface area contributed by atoms with Crippen molar-refractivity contribution < 1.29 is 17.9 Å². The third-order valence-electron chi connectivity index (χ3n) is 2.09. The monoisotopic (exact) mass is 306 g/mol. The van der Waals surface area contributed by atoms with Gasteiger partial charge >= 0.3 is 0 Å². The summed E-state index contributed by atoms with van der Waals surface area (Å²) in [4.78, 5) is 10.5. The zero-order valence-electron chi connectivity index (χ0n) is 10.1. The number of halogens is 1. The highest BCUT2D eigenvalue weighted by Crippen LogP contribution is 2.17. The fourth-order valence-electron chi connectivity index (χ4n) is 1.22. The van der Waals surface area contributed by atoms with Gasteiger partial charge in [-0.05, 0) is 24.3 Å². The van der Waals surface area contributed by atoms with Gasteiger partial charge in [-0.1, -0.05) is 0 Å². The van der Waals surface area contributed by atoms with Crippen LogP contribution in [0.4, 0.5) is 5.69 Å². The summed E-state index contributed by atoms with van der Waals surface area (Å²) in [6, 6.07) is 6.32. The van der Waals surface area contributed by atoms with Crippen molar-refractivity contribution in [1.82, 2.24) is 0 Å². The van der Waals surface area contributed by atoms with Gasteiger partial charge in [-0.15, -0.1) is 11.6 Å². The Kier molecular flexibility index (Phi) is 5.91. The molecular weight excluding hydrogens is 292 g/mol. The molecule has 106 valence electrons. The maximum Gasteiger partial charge on any atom is 0.233 e. The van der Waals surface area contributed by atoms with Crippen LogP contribution in [-0.4, -0.2) is 32.6 Å². The lowest BCUT2D eigenvalue weighted by atomic mass is 10.3. The third kappa shape index (κ3) is 6.30. The highest BCUT2D eigenvalue weighted by Gasteiger charge is 2.09.